The highest BCUT2D eigenvalue weighted by Gasteiger charge is 2.19. The van der Waals surface area contributed by atoms with Crippen molar-refractivity contribution in [2.75, 3.05) is 13.1 Å². The number of carbonyl (C=O) groups excluding carboxylic acids is 1. The normalized spacial score (nSPS) is 11.4. The molecule has 6 nitrogen and oxygen atoms in total. The summed E-state index contributed by atoms with van der Waals surface area (Å²) in [6.45, 7) is 11.4. The van der Waals surface area contributed by atoms with Crippen molar-refractivity contribution >= 4 is 22.9 Å². The lowest BCUT2D eigenvalue weighted by molar-refractivity contribution is -0.385. The van der Waals surface area contributed by atoms with Gasteiger partial charge >= 0.3 is 0 Å². The highest BCUT2D eigenvalue weighted by Crippen LogP contribution is 2.27. The Kier molecular flexibility index (Phi) is 6.29. The Morgan fingerprint density at radius 1 is 1.38 bits per heavy atom. The van der Waals surface area contributed by atoms with E-state index in [0.29, 0.717) is 28.4 Å². The van der Waals surface area contributed by atoms with Crippen LogP contribution in [0.25, 0.3) is 0 Å². The zero-order valence-corrected chi connectivity index (χ0v) is 14.0. The van der Waals surface area contributed by atoms with Gasteiger partial charge in [-0.3, -0.25) is 19.8 Å². The summed E-state index contributed by atoms with van der Waals surface area (Å²) in [7, 11) is 0. The maximum Gasteiger partial charge on any atom is 0.283 e. The molecule has 21 heavy (non-hydrogen) atoms. The Morgan fingerprint density at radius 2 is 1.95 bits per heavy atom. The summed E-state index contributed by atoms with van der Waals surface area (Å²) in [4.78, 5) is 25.6. The van der Waals surface area contributed by atoms with Crippen molar-refractivity contribution in [3.8, 4) is 0 Å². The first kappa shape index (κ1) is 17.6. The minimum Gasteiger partial charge on any atom is -0.350 e. The van der Waals surface area contributed by atoms with E-state index in [4.69, 9.17) is 0 Å². The molecule has 1 heterocycles. The second-order valence-corrected chi connectivity index (χ2v) is 6.75. The van der Waals surface area contributed by atoms with Gasteiger partial charge in [0.15, 0.2) is 0 Å². The molecule has 0 saturated carbocycles. The molecule has 0 aliphatic rings. The highest BCUT2D eigenvalue weighted by atomic mass is 32.1. The van der Waals surface area contributed by atoms with E-state index in [9.17, 15) is 14.9 Å². The fourth-order valence-electron chi connectivity index (χ4n) is 2.26. The SMILES string of the molecule is Cc1sc(C(=O)NCCN(C(C)C)C(C)C)cc1[N+](=O)[O-]. The molecule has 0 aliphatic heterocycles. The molecule has 0 spiro atoms. The number of hydrogen-bond acceptors (Lipinski definition) is 5. The molecule has 0 bridgehead atoms. The molecule has 1 aromatic rings. The Hall–Kier alpha value is -1.47. The van der Waals surface area contributed by atoms with E-state index in [2.05, 4.69) is 37.9 Å². The van der Waals surface area contributed by atoms with Crippen LogP contribution in [0.5, 0.6) is 0 Å². The molecule has 1 N–H and O–H groups in total. The van der Waals surface area contributed by atoms with Crippen molar-refractivity contribution in [1.29, 1.82) is 0 Å². The fourth-order valence-corrected chi connectivity index (χ4v) is 3.17. The van der Waals surface area contributed by atoms with E-state index in [-0.39, 0.29) is 11.6 Å². The average Bonchev–Trinajstić information content (AvgIpc) is 2.75. The maximum absolute atomic E-state index is 12.0. The third kappa shape index (κ3) is 4.78. The number of nitrogens with zero attached hydrogens (tertiary/aromatic N) is 2. The van der Waals surface area contributed by atoms with Crippen molar-refractivity contribution in [2.24, 2.45) is 0 Å². The summed E-state index contributed by atoms with van der Waals surface area (Å²) in [5, 5.41) is 13.6. The van der Waals surface area contributed by atoms with Crippen molar-refractivity contribution in [2.45, 2.75) is 46.7 Å². The lowest BCUT2D eigenvalue weighted by atomic mass is 10.2. The molecule has 118 valence electrons. The van der Waals surface area contributed by atoms with Crippen molar-refractivity contribution < 1.29 is 9.72 Å². The van der Waals surface area contributed by atoms with Crippen LogP contribution in [-0.4, -0.2) is 40.9 Å². The largest absolute Gasteiger partial charge is 0.350 e. The monoisotopic (exact) mass is 313 g/mol. The molecule has 0 unspecified atom stereocenters. The quantitative estimate of drug-likeness (QED) is 0.620. The van der Waals surface area contributed by atoms with Crippen LogP contribution in [0.3, 0.4) is 0 Å². The second kappa shape index (κ2) is 7.51. The molecule has 0 radical (unpaired) electrons. The zero-order chi connectivity index (χ0) is 16.2. The number of thiophene rings is 1. The van der Waals surface area contributed by atoms with Crippen LogP contribution < -0.4 is 5.32 Å². The standard InChI is InChI=1S/C14H23N3O3S/c1-9(2)16(10(3)4)7-6-15-14(18)13-8-12(17(19)20)11(5)21-13/h8-10H,6-7H2,1-5H3,(H,15,18). The van der Waals surface area contributed by atoms with Gasteiger partial charge in [-0.15, -0.1) is 11.3 Å². The summed E-state index contributed by atoms with van der Waals surface area (Å²) in [5.74, 6) is -0.247. The maximum atomic E-state index is 12.0. The van der Waals surface area contributed by atoms with Gasteiger partial charge in [-0.2, -0.15) is 0 Å². The van der Waals surface area contributed by atoms with E-state index >= 15 is 0 Å². The summed E-state index contributed by atoms with van der Waals surface area (Å²) in [5.41, 5.74) is 0.0103. The molecular weight excluding hydrogens is 290 g/mol. The Morgan fingerprint density at radius 3 is 2.38 bits per heavy atom. The molecule has 7 heteroatoms. The highest BCUT2D eigenvalue weighted by molar-refractivity contribution is 7.14. The van der Waals surface area contributed by atoms with E-state index in [1.54, 1.807) is 6.92 Å². The van der Waals surface area contributed by atoms with Gasteiger partial charge in [0, 0.05) is 31.2 Å². The van der Waals surface area contributed by atoms with Gasteiger partial charge < -0.3 is 5.32 Å². The van der Waals surface area contributed by atoms with Gasteiger partial charge in [-0.25, -0.2) is 0 Å². The molecule has 0 saturated heterocycles. The van der Waals surface area contributed by atoms with Crippen molar-refractivity contribution in [3.05, 3.63) is 25.9 Å². The molecular formula is C14H23N3O3S. The molecule has 1 aromatic heterocycles. The van der Waals surface area contributed by atoms with E-state index in [0.717, 1.165) is 17.9 Å². The molecule has 1 rings (SSSR count). The van der Waals surface area contributed by atoms with Crippen molar-refractivity contribution in [3.63, 3.8) is 0 Å². The third-order valence-corrected chi connectivity index (χ3v) is 4.33. The lowest BCUT2D eigenvalue weighted by Gasteiger charge is -2.30. The van der Waals surface area contributed by atoms with Gasteiger partial charge in [-0.05, 0) is 34.6 Å². The Labute approximate surface area is 129 Å². The Balaban J connectivity index is 2.58. The van der Waals surface area contributed by atoms with Crippen LogP contribution in [-0.2, 0) is 0 Å². The summed E-state index contributed by atoms with van der Waals surface area (Å²) < 4.78 is 0. The van der Waals surface area contributed by atoms with Gasteiger partial charge in [0.1, 0.15) is 0 Å². The summed E-state index contributed by atoms with van der Waals surface area (Å²) in [6.07, 6.45) is 0. The average molecular weight is 313 g/mol. The van der Waals surface area contributed by atoms with Gasteiger partial charge in [0.25, 0.3) is 11.6 Å². The van der Waals surface area contributed by atoms with Crippen LogP contribution >= 0.6 is 11.3 Å². The van der Waals surface area contributed by atoms with Crippen LogP contribution in [0, 0.1) is 17.0 Å². The van der Waals surface area contributed by atoms with E-state index in [1.807, 2.05) is 0 Å². The molecule has 1 amide bonds. The number of nitro groups is 1. The predicted molar refractivity (Wildman–Crippen MR) is 85.0 cm³/mol. The second-order valence-electron chi connectivity index (χ2n) is 5.49. The molecule has 0 aromatic carbocycles. The number of rotatable bonds is 7. The molecule has 0 fully saturated rings. The molecule has 0 atom stereocenters. The summed E-state index contributed by atoms with van der Waals surface area (Å²) in [6, 6.07) is 2.16. The van der Waals surface area contributed by atoms with Crippen LogP contribution in [0.2, 0.25) is 0 Å². The first-order chi connectivity index (χ1) is 9.73. The first-order valence-electron chi connectivity index (χ1n) is 7.02. The van der Waals surface area contributed by atoms with Crippen LogP contribution in [0.4, 0.5) is 5.69 Å². The molecule has 0 aliphatic carbocycles. The Bertz CT molecular complexity index is 504. The third-order valence-electron chi connectivity index (χ3n) is 3.29. The number of carbonyl (C=O) groups is 1. The van der Waals surface area contributed by atoms with E-state index < -0.39 is 4.92 Å². The van der Waals surface area contributed by atoms with E-state index in [1.165, 1.54) is 6.07 Å². The first-order valence-corrected chi connectivity index (χ1v) is 7.84. The smallest absolute Gasteiger partial charge is 0.283 e. The lowest BCUT2D eigenvalue weighted by Crippen LogP contribution is -2.42. The van der Waals surface area contributed by atoms with Gasteiger partial charge in [0.05, 0.1) is 14.7 Å². The van der Waals surface area contributed by atoms with Gasteiger partial charge in [0.2, 0.25) is 0 Å². The fraction of sp³-hybridized carbons (Fsp3) is 0.643. The number of amides is 1. The zero-order valence-electron chi connectivity index (χ0n) is 13.2. The van der Waals surface area contributed by atoms with Crippen molar-refractivity contribution in [1.82, 2.24) is 10.2 Å². The number of aryl methyl sites for hydroxylation is 1. The van der Waals surface area contributed by atoms with Gasteiger partial charge in [-0.1, -0.05) is 0 Å². The topological polar surface area (TPSA) is 75.5 Å². The minimum atomic E-state index is -0.456. The van der Waals surface area contributed by atoms with Crippen LogP contribution in [0.1, 0.15) is 42.2 Å². The minimum absolute atomic E-state index is 0.0103. The summed E-state index contributed by atoms with van der Waals surface area (Å²) >= 11 is 1.15. The van der Waals surface area contributed by atoms with Crippen LogP contribution in [0.15, 0.2) is 6.07 Å². The number of nitrogens with one attached hydrogen (secondary N) is 1. The predicted octanol–water partition coefficient (Wildman–Crippen LogP) is 2.81. The number of hydrogen-bond donors (Lipinski definition) is 1.